The van der Waals surface area contributed by atoms with Crippen LogP contribution in [0.25, 0.3) is 0 Å². The van der Waals surface area contributed by atoms with E-state index < -0.39 is 17.4 Å². The van der Waals surface area contributed by atoms with Gasteiger partial charge in [-0.3, -0.25) is 19.4 Å². The van der Waals surface area contributed by atoms with Crippen LogP contribution < -0.4 is 5.32 Å². The summed E-state index contributed by atoms with van der Waals surface area (Å²) in [7, 11) is 0. The summed E-state index contributed by atoms with van der Waals surface area (Å²) in [5.74, 6) is -0.605. The highest BCUT2D eigenvalue weighted by molar-refractivity contribution is 6.39. The van der Waals surface area contributed by atoms with Gasteiger partial charge in [-0.25, -0.2) is 0 Å². The summed E-state index contributed by atoms with van der Waals surface area (Å²) >= 11 is 0. The van der Waals surface area contributed by atoms with Gasteiger partial charge in [0.15, 0.2) is 0 Å². The second-order valence-electron chi connectivity index (χ2n) is 12.4. The molecule has 2 fully saturated rings. The van der Waals surface area contributed by atoms with Crippen LogP contribution in [0.4, 0.5) is 5.69 Å². The van der Waals surface area contributed by atoms with Crippen molar-refractivity contribution in [3.05, 3.63) is 23.5 Å². The number of rotatable bonds is 4. The molecular formula is C28H43N3O4. The minimum absolute atomic E-state index is 0.0569. The minimum Gasteiger partial charge on any atom is -0.460 e. The maximum atomic E-state index is 13.3. The van der Waals surface area contributed by atoms with E-state index in [2.05, 4.69) is 31.1 Å². The lowest BCUT2D eigenvalue weighted by molar-refractivity contribution is -0.154. The Bertz CT molecular complexity index is 950. The van der Waals surface area contributed by atoms with Crippen molar-refractivity contribution in [1.29, 1.82) is 0 Å². The van der Waals surface area contributed by atoms with E-state index in [9.17, 15) is 14.4 Å². The fourth-order valence-electron chi connectivity index (χ4n) is 5.67. The summed E-state index contributed by atoms with van der Waals surface area (Å²) in [6.45, 7) is 14.7. The van der Waals surface area contributed by atoms with Crippen LogP contribution in [0, 0.1) is 24.2 Å². The zero-order valence-corrected chi connectivity index (χ0v) is 22.6. The molecular weight excluding hydrogens is 442 g/mol. The topological polar surface area (TPSA) is 88.6 Å². The number of aryl methyl sites for hydroxylation is 1. The number of likely N-dealkylation sites (tertiary alicyclic amines) is 1. The van der Waals surface area contributed by atoms with Crippen molar-refractivity contribution in [2.75, 3.05) is 11.9 Å². The molecule has 7 heteroatoms. The number of hydrogen-bond acceptors (Lipinski definition) is 5. The van der Waals surface area contributed by atoms with E-state index in [-0.39, 0.29) is 23.8 Å². The Hall–Kier alpha value is -2.44. The molecule has 1 aliphatic carbocycles. The summed E-state index contributed by atoms with van der Waals surface area (Å²) in [5, 5.41) is 2.74. The van der Waals surface area contributed by atoms with E-state index in [1.165, 1.54) is 19.0 Å². The highest BCUT2D eigenvalue weighted by Crippen LogP contribution is 2.43. The SMILES string of the molecule is Cc1cc(NC(=O)C(=O)N2CC(C)CCC2C2CCCC(C)(C)C2)cnc1CC(=O)OC(C)(C)C. The molecule has 0 aromatic carbocycles. The molecule has 0 radical (unpaired) electrons. The number of carbonyl (C=O) groups excluding carboxylic acids is 3. The Kier molecular flexibility index (Phi) is 8.28. The molecule has 0 spiro atoms. The van der Waals surface area contributed by atoms with Crippen LogP contribution in [-0.4, -0.2) is 45.9 Å². The summed E-state index contributed by atoms with van der Waals surface area (Å²) in [6.07, 6.45) is 8.22. The van der Waals surface area contributed by atoms with Crippen LogP contribution >= 0.6 is 0 Å². The van der Waals surface area contributed by atoms with Gasteiger partial charge in [-0.2, -0.15) is 0 Å². The van der Waals surface area contributed by atoms with Gasteiger partial charge in [0.25, 0.3) is 0 Å². The number of ether oxygens (including phenoxy) is 1. The van der Waals surface area contributed by atoms with E-state index in [0.29, 0.717) is 29.8 Å². The Balaban J connectivity index is 1.67. The Morgan fingerprint density at radius 1 is 1.20 bits per heavy atom. The predicted octanol–water partition coefficient (Wildman–Crippen LogP) is 5.06. The van der Waals surface area contributed by atoms with Crippen LogP contribution in [-0.2, 0) is 25.5 Å². The van der Waals surface area contributed by atoms with Crippen molar-refractivity contribution in [3.8, 4) is 0 Å². The number of piperidine rings is 1. The molecule has 1 aromatic heterocycles. The number of aromatic nitrogens is 1. The smallest absolute Gasteiger partial charge is 0.313 e. The molecule has 1 saturated heterocycles. The molecule has 3 rings (SSSR count). The second-order valence-corrected chi connectivity index (χ2v) is 12.4. The fourth-order valence-corrected chi connectivity index (χ4v) is 5.67. The number of nitrogens with zero attached hydrogens (tertiary/aromatic N) is 2. The van der Waals surface area contributed by atoms with Gasteiger partial charge in [-0.15, -0.1) is 0 Å². The highest BCUT2D eigenvalue weighted by atomic mass is 16.6. The van der Waals surface area contributed by atoms with Gasteiger partial charge >= 0.3 is 17.8 Å². The van der Waals surface area contributed by atoms with Crippen molar-refractivity contribution >= 4 is 23.5 Å². The van der Waals surface area contributed by atoms with Crippen LogP contribution in [0.3, 0.4) is 0 Å². The normalized spacial score (nSPS) is 24.5. The van der Waals surface area contributed by atoms with E-state index in [0.717, 1.165) is 31.2 Å². The van der Waals surface area contributed by atoms with Gasteiger partial charge in [-0.1, -0.05) is 27.2 Å². The lowest BCUT2D eigenvalue weighted by atomic mass is 9.68. The van der Waals surface area contributed by atoms with Crippen LogP contribution in [0.1, 0.15) is 91.3 Å². The molecule has 1 saturated carbocycles. The lowest BCUT2D eigenvalue weighted by Gasteiger charge is -2.46. The third-order valence-corrected chi connectivity index (χ3v) is 7.28. The largest absolute Gasteiger partial charge is 0.460 e. The Morgan fingerprint density at radius 3 is 2.54 bits per heavy atom. The maximum Gasteiger partial charge on any atom is 0.313 e. The number of anilines is 1. The van der Waals surface area contributed by atoms with Gasteiger partial charge in [0.1, 0.15) is 5.60 Å². The van der Waals surface area contributed by atoms with E-state index in [4.69, 9.17) is 4.74 Å². The zero-order valence-electron chi connectivity index (χ0n) is 22.6. The molecule has 0 bridgehead atoms. The van der Waals surface area contributed by atoms with Gasteiger partial charge in [0.05, 0.1) is 24.0 Å². The number of hydrogen-bond donors (Lipinski definition) is 1. The third kappa shape index (κ3) is 7.52. The first-order valence-corrected chi connectivity index (χ1v) is 13.0. The maximum absolute atomic E-state index is 13.3. The van der Waals surface area contributed by atoms with Gasteiger partial charge < -0.3 is 15.0 Å². The van der Waals surface area contributed by atoms with Crippen molar-refractivity contribution in [3.63, 3.8) is 0 Å². The predicted molar refractivity (Wildman–Crippen MR) is 137 cm³/mol. The summed E-state index contributed by atoms with van der Waals surface area (Å²) in [4.78, 5) is 44.7. The molecule has 2 amide bonds. The molecule has 35 heavy (non-hydrogen) atoms. The van der Waals surface area contributed by atoms with Crippen molar-refractivity contribution in [2.24, 2.45) is 17.3 Å². The lowest BCUT2D eigenvalue weighted by Crippen LogP contribution is -2.54. The van der Waals surface area contributed by atoms with Crippen LogP contribution in [0.5, 0.6) is 0 Å². The highest BCUT2D eigenvalue weighted by Gasteiger charge is 2.40. The molecule has 2 aliphatic rings. The molecule has 194 valence electrons. The van der Waals surface area contributed by atoms with Crippen LogP contribution in [0.15, 0.2) is 12.3 Å². The van der Waals surface area contributed by atoms with Gasteiger partial charge in [0, 0.05) is 12.6 Å². The van der Waals surface area contributed by atoms with Crippen molar-refractivity contribution in [1.82, 2.24) is 9.88 Å². The standard InChI is InChI=1S/C28H43N3O4/c1-18-10-11-23(20-9-8-12-28(6,7)15-20)31(17-18)26(34)25(33)30-21-13-19(2)22(29-16-21)14-24(32)35-27(3,4)5/h13,16,18,20,23H,8-12,14-15,17H2,1-7H3,(H,30,33). The van der Waals surface area contributed by atoms with Crippen molar-refractivity contribution < 1.29 is 19.1 Å². The average Bonchev–Trinajstić information content (AvgIpc) is 2.73. The summed E-state index contributed by atoms with van der Waals surface area (Å²) in [5.41, 5.74) is 1.53. The Morgan fingerprint density at radius 2 is 1.91 bits per heavy atom. The molecule has 3 unspecified atom stereocenters. The Labute approximate surface area is 210 Å². The molecule has 1 N–H and O–H groups in total. The first-order chi connectivity index (χ1) is 16.2. The average molecular weight is 486 g/mol. The van der Waals surface area contributed by atoms with Crippen LogP contribution in [0.2, 0.25) is 0 Å². The van der Waals surface area contributed by atoms with Gasteiger partial charge in [-0.05, 0) is 88.7 Å². The first-order valence-electron chi connectivity index (χ1n) is 13.0. The van der Waals surface area contributed by atoms with Crippen molar-refractivity contribution in [2.45, 2.75) is 105 Å². The second kappa shape index (κ2) is 10.7. The summed E-state index contributed by atoms with van der Waals surface area (Å²) < 4.78 is 5.37. The quantitative estimate of drug-likeness (QED) is 0.476. The minimum atomic E-state index is -0.625. The molecule has 1 aliphatic heterocycles. The molecule has 3 atom stereocenters. The molecule has 7 nitrogen and oxygen atoms in total. The van der Waals surface area contributed by atoms with Gasteiger partial charge in [0.2, 0.25) is 0 Å². The molecule has 2 heterocycles. The number of esters is 1. The molecule has 1 aromatic rings. The number of nitrogens with one attached hydrogen (secondary N) is 1. The summed E-state index contributed by atoms with van der Waals surface area (Å²) in [6, 6.07) is 1.87. The number of pyridine rings is 1. The monoisotopic (exact) mass is 485 g/mol. The third-order valence-electron chi connectivity index (χ3n) is 7.28. The van der Waals surface area contributed by atoms with E-state index in [1.54, 1.807) is 6.07 Å². The van der Waals surface area contributed by atoms with E-state index in [1.807, 2.05) is 32.6 Å². The fraction of sp³-hybridized carbons (Fsp3) is 0.714. The number of carbonyl (C=O) groups is 3. The zero-order chi connectivity index (χ0) is 26.0. The first kappa shape index (κ1) is 27.2. The van der Waals surface area contributed by atoms with E-state index >= 15 is 0 Å². The number of amides is 2.